The van der Waals surface area contributed by atoms with Crippen molar-refractivity contribution in [1.82, 2.24) is 0 Å². The lowest BCUT2D eigenvalue weighted by Crippen LogP contribution is -2.10. The van der Waals surface area contributed by atoms with E-state index in [2.05, 4.69) is 4.99 Å². The van der Waals surface area contributed by atoms with Crippen molar-refractivity contribution < 1.29 is 23.8 Å². The summed E-state index contributed by atoms with van der Waals surface area (Å²) in [5.74, 6) is -0.568. The van der Waals surface area contributed by atoms with Gasteiger partial charge in [0.15, 0.2) is 17.2 Å². The second-order valence-electron chi connectivity index (χ2n) is 8.30. The molecule has 4 aromatic carbocycles. The van der Waals surface area contributed by atoms with Gasteiger partial charge in [0, 0.05) is 5.56 Å². The summed E-state index contributed by atoms with van der Waals surface area (Å²) in [6.45, 7) is 2.12. The van der Waals surface area contributed by atoms with Crippen LogP contribution in [0.25, 0.3) is 17.2 Å². The van der Waals surface area contributed by atoms with Gasteiger partial charge in [-0.15, -0.1) is 0 Å². The molecule has 0 N–H and O–H groups in total. The number of ether oxygens (including phenoxy) is 3. The zero-order chi connectivity index (χ0) is 26.5. The molecule has 38 heavy (non-hydrogen) atoms. The monoisotopic (exact) mass is 523 g/mol. The maximum atomic E-state index is 12.6. The van der Waals surface area contributed by atoms with Gasteiger partial charge in [-0.1, -0.05) is 72.3 Å². The molecule has 0 spiro atoms. The van der Waals surface area contributed by atoms with Crippen LogP contribution in [-0.2, 0) is 9.53 Å². The van der Waals surface area contributed by atoms with Gasteiger partial charge in [0.1, 0.15) is 0 Å². The molecule has 1 aliphatic heterocycles. The van der Waals surface area contributed by atoms with Crippen LogP contribution in [0, 0.1) is 0 Å². The van der Waals surface area contributed by atoms with Crippen LogP contribution in [0.2, 0.25) is 5.02 Å². The maximum absolute atomic E-state index is 12.6. The molecule has 0 saturated carbocycles. The average Bonchev–Trinajstić information content (AvgIpc) is 3.31. The van der Waals surface area contributed by atoms with E-state index in [1.54, 1.807) is 55.5 Å². The predicted octanol–water partition coefficient (Wildman–Crippen LogP) is 6.97. The highest BCUT2D eigenvalue weighted by Crippen LogP contribution is 2.38. The average molecular weight is 524 g/mol. The van der Waals surface area contributed by atoms with E-state index >= 15 is 0 Å². The number of nitrogens with zero attached hydrogens (tertiary/aromatic N) is 1. The first-order valence-corrected chi connectivity index (χ1v) is 12.3. The molecule has 188 valence electrons. The van der Waals surface area contributed by atoms with E-state index < -0.39 is 11.9 Å². The fourth-order valence-corrected chi connectivity index (χ4v) is 4.14. The van der Waals surface area contributed by atoms with E-state index in [-0.39, 0.29) is 28.1 Å². The van der Waals surface area contributed by atoms with Gasteiger partial charge in [-0.25, -0.2) is 14.6 Å². The van der Waals surface area contributed by atoms with Crippen molar-refractivity contribution >= 4 is 35.5 Å². The van der Waals surface area contributed by atoms with Crippen LogP contribution < -0.4 is 9.47 Å². The number of esters is 2. The summed E-state index contributed by atoms with van der Waals surface area (Å²) in [6, 6.07) is 29.4. The largest absolute Gasteiger partial charge is 0.490 e. The van der Waals surface area contributed by atoms with Crippen LogP contribution in [0.4, 0.5) is 0 Å². The van der Waals surface area contributed by atoms with Crippen molar-refractivity contribution in [1.29, 1.82) is 0 Å². The smallest absolute Gasteiger partial charge is 0.363 e. The Morgan fingerprint density at radius 2 is 1.53 bits per heavy atom. The number of benzene rings is 4. The first kappa shape index (κ1) is 25.0. The molecule has 1 heterocycles. The zero-order valence-corrected chi connectivity index (χ0v) is 21.1. The highest BCUT2D eigenvalue weighted by molar-refractivity contribution is 6.32. The van der Waals surface area contributed by atoms with Crippen molar-refractivity contribution in [2.45, 2.75) is 6.92 Å². The van der Waals surface area contributed by atoms with Crippen LogP contribution in [0.15, 0.2) is 108 Å². The Bertz CT molecular complexity index is 1540. The van der Waals surface area contributed by atoms with Crippen molar-refractivity contribution in [2.24, 2.45) is 4.99 Å². The molecule has 0 aliphatic carbocycles. The summed E-state index contributed by atoms with van der Waals surface area (Å²) in [4.78, 5) is 29.5. The van der Waals surface area contributed by atoms with Gasteiger partial charge in [0.25, 0.3) is 0 Å². The van der Waals surface area contributed by atoms with Gasteiger partial charge >= 0.3 is 11.9 Å². The SMILES string of the molecule is CCOc1cc(/C=C2\N=C(c3ccc(-c4ccccc4)cc3)OC2=O)cc(Cl)c1OC(=O)c1ccccc1. The number of halogens is 1. The Balaban J connectivity index is 1.40. The molecule has 0 fully saturated rings. The van der Waals surface area contributed by atoms with Crippen LogP contribution in [0.3, 0.4) is 0 Å². The molecule has 0 radical (unpaired) electrons. The molecular formula is C31H22ClNO5. The number of carbonyl (C=O) groups is 2. The minimum absolute atomic E-state index is 0.0983. The number of cyclic esters (lactones) is 1. The Kier molecular flexibility index (Phi) is 7.33. The second kappa shape index (κ2) is 11.2. The molecule has 6 nitrogen and oxygen atoms in total. The van der Waals surface area contributed by atoms with Gasteiger partial charge in [-0.2, -0.15) is 0 Å². The lowest BCUT2D eigenvalue weighted by Gasteiger charge is -2.13. The number of hydrogen-bond donors (Lipinski definition) is 0. The van der Waals surface area contributed by atoms with Crippen molar-refractivity contribution in [2.75, 3.05) is 6.61 Å². The molecule has 0 saturated heterocycles. The Hall–Kier alpha value is -4.68. The summed E-state index contributed by atoms with van der Waals surface area (Å²) in [6.07, 6.45) is 1.55. The van der Waals surface area contributed by atoms with Crippen molar-refractivity contribution in [3.05, 3.63) is 124 Å². The van der Waals surface area contributed by atoms with Gasteiger partial charge in [0.2, 0.25) is 5.90 Å². The molecular weight excluding hydrogens is 502 g/mol. The maximum Gasteiger partial charge on any atom is 0.363 e. The molecule has 0 bridgehead atoms. The molecule has 0 aromatic heterocycles. The van der Waals surface area contributed by atoms with Crippen LogP contribution in [0.5, 0.6) is 11.5 Å². The third kappa shape index (κ3) is 5.51. The first-order chi connectivity index (χ1) is 18.5. The van der Waals surface area contributed by atoms with E-state index in [9.17, 15) is 9.59 Å². The van der Waals surface area contributed by atoms with Crippen molar-refractivity contribution in [3.63, 3.8) is 0 Å². The molecule has 4 aromatic rings. The summed E-state index contributed by atoms with van der Waals surface area (Å²) in [5, 5.41) is 0.152. The molecule has 0 atom stereocenters. The molecule has 0 amide bonds. The minimum Gasteiger partial charge on any atom is -0.490 e. The fourth-order valence-electron chi connectivity index (χ4n) is 3.89. The van der Waals surface area contributed by atoms with Gasteiger partial charge in [-0.3, -0.25) is 0 Å². The lowest BCUT2D eigenvalue weighted by atomic mass is 10.0. The Morgan fingerprint density at radius 3 is 2.21 bits per heavy atom. The van der Waals surface area contributed by atoms with Crippen LogP contribution >= 0.6 is 11.6 Å². The van der Waals surface area contributed by atoms with E-state index in [0.717, 1.165) is 11.1 Å². The van der Waals surface area contributed by atoms with E-state index in [1.807, 2.05) is 54.6 Å². The quantitative estimate of drug-likeness (QED) is 0.148. The number of hydrogen-bond acceptors (Lipinski definition) is 6. The van der Waals surface area contributed by atoms with Crippen molar-refractivity contribution in [3.8, 4) is 22.6 Å². The zero-order valence-electron chi connectivity index (χ0n) is 20.4. The third-order valence-corrected chi connectivity index (χ3v) is 5.98. The minimum atomic E-state index is -0.583. The van der Waals surface area contributed by atoms with E-state index in [1.165, 1.54) is 0 Å². The predicted molar refractivity (Wildman–Crippen MR) is 147 cm³/mol. The second-order valence-corrected chi connectivity index (χ2v) is 8.71. The van der Waals surface area contributed by atoms with Gasteiger partial charge in [0.05, 0.1) is 17.2 Å². The number of aliphatic imine (C=N–C) groups is 1. The van der Waals surface area contributed by atoms with Gasteiger partial charge in [-0.05, 0) is 66.1 Å². The molecule has 0 unspecified atom stereocenters. The van der Waals surface area contributed by atoms with Crippen LogP contribution in [-0.4, -0.2) is 24.4 Å². The van der Waals surface area contributed by atoms with E-state index in [4.69, 9.17) is 25.8 Å². The number of carbonyl (C=O) groups excluding carboxylic acids is 2. The third-order valence-electron chi connectivity index (χ3n) is 5.70. The highest BCUT2D eigenvalue weighted by Gasteiger charge is 2.25. The standard InChI is InChI=1S/C31H22ClNO5/c1-2-36-27-19-20(17-25(32)28(27)37-30(34)24-11-7-4-8-12-24)18-26-31(35)38-29(33-26)23-15-13-22(14-16-23)21-9-5-3-6-10-21/h3-19H,2H2,1H3/b26-18-. The Morgan fingerprint density at radius 1 is 0.895 bits per heavy atom. The summed E-state index contributed by atoms with van der Waals surface area (Å²) in [7, 11) is 0. The summed E-state index contributed by atoms with van der Waals surface area (Å²) >= 11 is 6.48. The number of rotatable bonds is 7. The lowest BCUT2D eigenvalue weighted by molar-refractivity contribution is -0.129. The molecule has 5 rings (SSSR count). The molecule has 7 heteroatoms. The van der Waals surface area contributed by atoms with E-state index in [0.29, 0.717) is 23.3 Å². The molecule has 1 aliphatic rings. The topological polar surface area (TPSA) is 74.2 Å². The Labute approximate surface area is 224 Å². The summed E-state index contributed by atoms with van der Waals surface area (Å²) < 4.78 is 16.6. The van der Waals surface area contributed by atoms with Gasteiger partial charge < -0.3 is 14.2 Å². The normalized spacial score (nSPS) is 13.7. The first-order valence-electron chi connectivity index (χ1n) is 11.9. The summed E-state index contributed by atoms with van der Waals surface area (Å²) in [5.41, 5.74) is 3.84. The van der Waals surface area contributed by atoms with Crippen LogP contribution in [0.1, 0.15) is 28.4 Å². The fraction of sp³-hybridized carbons (Fsp3) is 0.0645. The highest BCUT2D eigenvalue weighted by atomic mass is 35.5.